The van der Waals surface area contributed by atoms with Crippen molar-refractivity contribution in [3.63, 3.8) is 0 Å². The van der Waals surface area contributed by atoms with E-state index < -0.39 is 18.0 Å². The first-order valence-corrected chi connectivity index (χ1v) is 9.81. The molecule has 0 amide bonds. The number of benzene rings is 1. The fourth-order valence-electron chi connectivity index (χ4n) is 4.31. The summed E-state index contributed by atoms with van der Waals surface area (Å²) in [6, 6.07) is 10.5. The Kier molecular flexibility index (Phi) is 4.57. The lowest BCUT2D eigenvalue weighted by molar-refractivity contribution is -0.140. The molecule has 1 fully saturated rings. The van der Waals surface area contributed by atoms with E-state index in [4.69, 9.17) is 4.74 Å². The molecule has 4 heterocycles. The standard InChI is InChI=1S/C21H20F4N4O/c22-13-7-9-28(10-13)16-12-30-17-6-2-1-4-14(17)19(16)26-15-5-3-8-29-11-18(21(23,24)25)27-20(15)29/h1-6,8,11,13,16,19,26H,7,9-10,12H2/t13-,16-,19-/m0/s1. The lowest BCUT2D eigenvalue weighted by Gasteiger charge is -2.39. The van der Waals surface area contributed by atoms with Crippen LogP contribution in [0.3, 0.4) is 0 Å². The number of anilines is 1. The van der Waals surface area contributed by atoms with Gasteiger partial charge in [-0.1, -0.05) is 18.2 Å². The molecule has 3 atom stereocenters. The quantitative estimate of drug-likeness (QED) is 0.642. The zero-order valence-corrected chi connectivity index (χ0v) is 15.9. The number of halogens is 4. The zero-order chi connectivity index (χ0) is 20.9. The summed E-state index contributed by atoms with van der Waals surface area (Å²) in [5.74, 6) is 0.716. The maximum Gasteiger partial charge on any atom is 0.434 e. The van der Waals surface area contributed by atoms with Crippen LogP contribution in [0.25, 0.3) is 5.65 Å². The molecule has 0 bridgehead atoms. The van der Waals surface area contributed by atoms with Crippen molar-refractivity contribution >= 4 is 11.3 Å². The molecule has 2 aromatic heterocycles. The molecule has 9 heteroatoms. The van der Waals surface area contributed by atoms with Crippen molar-refractivity contribution in [2.75, 3.05) is 25.0 Å². The third-order valence-electron chi connectivity index (χ3n) is 5.76. The number of alkyl halides is 4. The van der Waals surface area contributed by atoms with Gasteiger partial charge in [0.15, 0.2) is 11.3 Å². The van der Waals surface area contributed by atoms with Crippen LogP contribution in [0.1, 0.15) is 23.7 Å². The van der Waals surface area contributed by atoms with Gasteiger partial charge in [-0.15, -0.1) is 0 Å². The molecule has 0 saturated carbocycles. The maximum absolute atomic E-state index is 13.9. The van der Waals surface area contributed by atoms with Crippen molar-refractivity contribution < 1.29 is 22.3 Å². The second-order valence-corrected chi connectivity index (χ2v) is 7.70. The first-order valence-electron chi connectivity index (χ1n) is 9.81. The monoisotopic (exact) mass is 420 g/mol. The highest BCUT2D eigenvalue weighted by molar-refractivity contribution is 5.69. The number of ether oxygens (including phenoxy) is 1. The van der Waals surface area contributed by atoms with Crippen molar-refractivity contribution in [3.8, 4) is 5.75 Å². The Morgan fingerprint density at radius 3 is 2.73 bits per heavy atom. The van der Waals surface area contributed by atoms with Gasteiger partial charge in [0, 0.05) is 31.0 Å². The van der Waals surface area contributed by atoms with Gasteiger partial charge in [-0.3, -0.25) is 4.90 Å². The molecule has 0 aliphatic carbocycles. The highest BCUT2D eigenvalue weighted by Crippen LogP contribution is 2.39. The van der Waals surface area contributed by atoms with Gasteiger partial charge in [0.1, 0.15) is 18.5 Å². The lowest BCUT2D eigenvalue weighted by atomic mass is 9.95. The molecule has 2 aliphatic heterocycles. The number of aromatic nitrogens is 2. The van der Waals surface area contributed by atoms with Crippen LogP contribution in [0, 0.1) is 0 Å². The van der Waals surface area contributed by atoms with E-state index in [9.17, 15) is 17.6 Å². The van der Waals surface area contributed by atoms with E-state index >= 15 is 0 Å². The van der Waals surface area contributed by atoms with Gasteiger partial charge in [-0.2, -0.15) is 13.2 Å². The Morgan fingerprint density at radius 1 is 1.13 bits per heavy atom. The summed E-state index contributed by atoms with van der Waals surface area (Å²) in [5, 5.41) is 3.39. The largest absolute Gasteiger partial charge is 0.491 e. The Balaban J connectivity index is 1.54. The predicted molar refractivity (Wildman–Crippen MR) is 103 cm³/mol. The Morgan fingerprint density at radius 2 is 1.97 bits per heavy atom. The number of nitrogens with one attached hydrogen (secondary N) is 1. The summed E-state index contributed by atoms with van der Waals surface area (Å²) in [4.78, 5) is 5.86. The number of nitrogens with zero attached hydrogens (tertiary/aromatic N) is 3. The van der Waals surface area contributed by atoms with E-state index in [0.717, 1.165) is 11.8 Å². The molecule has 1 N–H and O–H groups in total. The molecule has 1 saturated heterocycles. The zero-order valence-electron chi connectivity index (χ0n) is 15.9. The number of rotatable bonds is 3. The van der Waals surface area contributed by atoms with Crippen molar-refractivity contribution in [1.29, 1.82) is 0 Å². The summed E-state index contributed by atoms with van der Waals surface area (Å²) in [7, 11) is 0. The van der Waals surface area contributed by atoms with E-state index in [1.165, 1.54) is 10.6 Å². The molecule has 0 unspecified atom stereocenters. The van der Waals surface area contributed by atoms with Crippen LogP contribution in [-0.4, -0.2) is 46.2 Å². The molecule has 2 aliphatic rings. The number of hydrogen-bond acceptors (Lipinski definition) is 4. The SMILES string of the molecule is F[C@H]1CCN([C@H]2COc3ccccc3[C@@H]2Nc2cccn3cc(C(F)(F)F)nc23)C1. The number of imidazole rings is 1. The highest BCUT2D eigenvalue weighted by atomic mass is 19.4. The smallest absolute Gasteiger partial charge is 0.434 e. The number of para-hydroxylation sites is 1. The van der Waals surface area contributed by atoms with Gasteiger partial charge in [0.05, 0.1) is 17.8 Å². The first kappa shape index (κ1) is 19.2. The Bertz CT molecular complexity index is 1070. The van der Waals surface area contributed by atoms with Gasteiger partial charge in [-0.25, -0.2) is 9.37 Å². The van der Waals surface area contributed by atoms with Gasteiger partial charge in [0.25, 0.3) is 0 Å². The Labute approximate surface area is 170 Å². The number of hydrogen-bond donors (Lipinski definition) is 1. The molecule has 0 radical (unpaired) electrons. The van der Waals surface area contributed by atoms with E-state index in [2.05, 4.69) is 10.3 Å². The van der Waals surface area contributed by atoms with Crippen molar-refractivity contribution in [2.24, 2.45) is 0 Å². The summed E-state index contributed by atoms with van der Waals surface area (Å²) in [6.07, 6.45) is -2.43. The van der Waals surface area contributed by atoms with Gasteiger partial charge in [0.2, 0.25) is 0 Å². The van der Waals surface area contributed by atoms with Crippen LogP contribution in [0.4, 0.5) is 23.2 Å². The maximum atomic E-state index is 13.9. The fraction of sp³-hybridized carbons (Fsp3) is 0.381. The summed E-state index contributed by atoms with van der Waals surface area (Å²) >= 11 is 0. The molecule has 30 heavy (non-hydrogen) atoms. The predicted octanol–water partition coefficient (Wildman–Crippen LogP) is 4.31. The molecule has 5 nitrogen and oxygen atoms in total. The van der Waals surface area contributed by atoms with E-state index in [1.54, 1.807) is 12.1 Å². The Hall–Kier alpha value is -2.81. The van der Waals surface area contributed by atoms with Crippen molar-refractivity contribution in [1.82, 2.24) is 14.3 Å². The minimum Gasteiger partial charge on any atom is -0.491 e. The summed E-state index contributed by atoms with van der Waals surface area (Å²) < 4.78 is 60.6. The van der Waals surface area contributed by atoms with Crippen LogP contribution < -0.4 is 10.1 Å². The van der Waals surface area contributed by atoms with Crippen LogP contribution in [0.2, 0.25) is 0 Å². The third kappa shape index (κ3) is 3.36. The topological polar surface area (TPSA) is 41.8 Å². The molecule has 5 rings (SSSR count). The molecular formula is C21H20F4N4O. The van der Waals surface area contributed by atoms with Crippen LogP contribution in [0.5, 0.6) is 5.75 Å². The average Bonchev–Trinajstić information content (AvgIpc) is 3.35. The van der Waals surface area contributed by atoms with Crippen LogP contribution >= 0.6 is 0 Å². The summed E-state index contributed by atoms with van der Waals surface area (Å²) in [5.41, 5.74) is 0.620. The van der Waals surface area contributed by atoms with E-state index in [1.807, 2.05) is 29.2 Å². The van der Waals surface area contributed by atoms with Gasteiger partial charge < -0.3 is 14.5 Å². The second-order valence-electron chi connectivity index (χ2n) is 7.70. The molecule has 0 spiro atoms. The minimum absolute atomic E-state index is 0.155. The lowest BCUT2D eigenvalue weighted by Crippen LogP contribution is -2.47. The normalized spacial score (nSPS) is 24.6. The fourth-order valence-corrected chi connectivity index (χ4v) is 4.31. The van der Waals surface area contributed by atoms with Gasteiger partial charge in [-0.05, 0) is 24.6 Å². The number of pyridine rings is 1. The average molecular weight is 420 g/mol. The van der Waals surface area contributed by atoms with Crippen LogP contribution in [0.15, 0.2) is 48.8 Å². The van der Waals surface area contributed by atoms with E-state index in [0.29, 0.717) is 37.6 Å². The van der Waals surface area contributed by atoms with E-state index in [-0.39, 0.29) is 17.7 Å². The highest BCUT2D eigenvalue weighted by Gasteiger charge is 2.39. The molecular weight excluding hydrogens is 400 g/mol. The summed E-state index contributed by atoms with van der Waals surface area (Å²) in [6.45, 7) is 1.30. The van der Waals surface area contributed by atoms with Crippen molar-refractivity contribution in [3.05, 3.63) is 60.0 Å². The number of likely N-dealkylation sites (tertiary alicyclic amines) is 1. The first-order chi connectivity index (χ1) is 14.4. The minimum atomic E-state index is -4.53. The second kappa shape index (κ2) is 7.16. The third-order valence-corrected chi connectivity index (χ3v) is 5.76. The number of fused-ring (bicyclic) bond motifs is 2. The molecule has 158 valence electrons. The molecule has 1 aromatic carbocycles. The molecule has 3 aromatic rings. The van der Waals surface area contributed by atoms with Gasteiger partial charge >= 0.3 is 6.18 Å². The van der Waals surface area contributed by atoms with Crippen molar-refractivity contribution in [2.45, 2.75) is 30.9 Å². The van der Waals surface area contributed by atoms with Crippen LogP contribution in [-0.2, 0) is 6.18 Å².